The highest BCUT2D eigenvalue weighted by molar-refractivity contribution is 5.95. The Balaban J connectivity index is 1.92. The topological polar surface area (TPSA) is 93.9 Å². The molecule has 1 atom stereocenters. The van der Waals surface area contributed by atoms with Gasteiger partial charge in [-0.15, -0.1) is 0 Å². The Bertz CT molecular complexity index is 628. The van der Waals surface area contributed by atoms with Gasteiger partial charge < -0.3 is 19.7 Å². The van der Waals surface area contributed by atoms with Crippen molar-refractivity contribution in [3.05, 3.63) is 33.9 Å². The van der Waals surface area contributed by atoms with E-state index in [1.54, 1.807) is 12.1 Å². The fourth-order valence-corrected chi connectivity index (χ4v) is 3.10. The van der Waals surface area contributed by atoms with Gasteiger partial charge in [0.25, 0.3) is 11.6 Å². The number of rotatable bonds is 3. The third-order valence-corrected chi connectivity index (χ3v) is 4.32. The third kappa shape index (κ3) is 2.99. The molecule has 1 aromatic carbocycles. The summed E-state index contributed by atoms with van der Waals surface area (Å²) in [5, 5.41) is 13.9. The molecule has 1 unspecified atom stereocenters. The van der Waals surface area contributed by atoms with Crippen LogP contribution in [0.3, 0.4) is 0 Å². The van der Waals surface area contributed by atoms with Crippen LogP contribution in [0.15, 0.2) is 18.2 Å². The fraction of sp³-hybridized carbons (Fsp3) is 0.533. The number of morpholine rings is 1. The van der Waals surface area contributed by atoms with Crippen LogP contribution in [0.2, 0.25) is 0 Å². The minimum absolute atomic E-state index is 0.0675. The Labute approximate surface area is 133 Å². The molecule has 2 saturated heterocycles. The quantitative estimate of drug-likeness (QED) is 0.658. The number of amides is 1. The highest BCUT2D eigenvalue weighted by Crippen LogP contribution is 2.35. The number of benzene rings is 1. The molecular weight excluding hydrogens is 302 g/mol. The average Bonchev–Trinajstić information content (AvgIpc) is 3.01. The maximum absolute atomic E-state index is 11.7. The van der Waals surface area contributed by atoms with Crippen LogP contribution in [0.5, 0.6) is 0 Å². The molecule has 2 fully saturated rings. The minimum Gasteiger partial charge on any atom is -0.378 e. The van der Waals surface area contributed by atoms with Crippen LogP contribution in [-0.2, 0) is 9.47 Å². The van der Waals surface area contributed by atoms with Crippen molar-refractivity contribution in [2.75, 3.05) is 44.9 Å². The number of hydrogen-bond donors (Lipinski definition) is 1. The van der Waals surface area contributed by atoms with Crippen molar-refractivity contribution in [3.63, 3.8) is 0 Å². The maximum Gasteiger partial charge on any atom is 0.293 e. The normalized spacial score (nSPS) is 24.0. The van der Waals surface area contributed by atoms with Gasteiger partial charge in [-0.2, -0.15) is 0 Å². The molecule has 23 heavy (non-hydrogen) atoms. The van der Waals surface area contributed by atoms with Gasteiger partial charge in [0.1, 0.15) is 11.3 Å². The Kier molecular flexibility index (Phi) is 4.18. The van der Waals surface area contributed by atoms with Crippen molar-refractivity contribution >= 4 is 17.3 Å². The van der Waals surface area contributed by atoms with Crippen molar-refractivity contribution < 1.29 is 19.2 Å². The number of carbonyl (C=O) groups is 1. The molecule has 0 aromatic heterocycles. The molecule has 8 heteroatoms. The van der Waals surface area contributed by atoms with Gasteiger partial charge in [0.2, 0.25) is 0 Å². The van der Waals surface area contributed by atoms with Crippen LogP contribution in [0.4, 0.5) is 11.4 Å². The number of nitro groups is 1. The first-order chi connectivity index (χ1) is 11.0. The van der Waals surface area contributed by atoms with Gasteiger partial charge in [0.05, 0.1) is 18.1 Å². The highest BCUT2D eigenvalue weighted by Gasteiger charge is 2.41. The molecule has 0 bridgehead atoms. The Morgan fingerprint density at radius 1 is 1.43 bits per heavy atom. The molecule has 2 aliphatic rings. The standard InChI is InChI=1S/C15H19N3O5/c1-16-14(19)11-2-3-12(13(8-11)18(20)21)17-5-7-23-15(9-17)4-6-22-10-15/h2-3,8H,4-7,9-10H2,1H3,(H,16,19). The van der Waals surface area contributed by atoms with Crippen LogP contribution in [0.25, 0.3) is 0 Å². The zero-order chi connectivity index (χ0) is 16.4. The highest BCUT2D eigenvalue weighted by atomic mass is 16.6. The van der Waals surface area contributed by atoms with E-state index >= 15 is 0 Å². The molecule has 124 valence electrons. The molecule has 0 saturated carbocycles. The predicted octanol–water partition coefficient (Wildman–Crippen LogP) is 0.950. The lowest BCUT2D eigenvalue weighted by atomic mass is 10.00. The molecule has 0 radical (unpaired) electrons. The van der Waals surface area contributed by atoms with Crippen LogP contribution >= 0.6 is 0 Å². The summed E-state index contributed by atoms with van der Waals surface area (Å²) in [7, 11) is 1.49. The monoisotopic (exact) mass is 321 g/mol. The summed E-state index contributed by atoms with van der Waals surface area (Å²) in [6.07, 6.45) is 0.785. The van der Waals surface area contributed by atoms with Crippen molar-refractivity contribution in [2.45, 2.75) is 12.0 Å². The molecule has 1 aromatic rings. The van der Waals surface area contributed by atoms with Crippen molar-refractivity contribution in [2.24, 2.45) is 0 Å². The second-order valence-electron chi connectivity index (χ2n) is 5.80. The van der Waals surface area contributed by atoms with E-state index in [4.69, 9.17) is 9.47 Å². The van der Waals surface area contributed by atoms with Crippen LogP contribution in [-0.4, -0.2) is 56.4 Å². The van der Waals surface area contributed by atoms with Gasteiger partial charge in [-0.3, -0.25) is 14.9 Å². The molecular formula is C15H19N3O5. The van der Waals surface area contributed by atoms with Crippen molar-refractivity contribution in [1.29, 1.82) is 0 Å². The minimum atomic E-state index is -0.449. The van der Waals surface area contributed by atoms with Crippen molar-refractivity contribution in [3.8, 4) is 0 Å². The lowest BCUT2D eigenvalue weighted by Gasteiger charge is -2.40. The predicted molar refractivity (Wildman–Crippen MR) is 82.8 cm³/mol. The summed E-state index contributed by atoms with van der Waals surface area (Å²) in [6.45, 7) is 2.77. The second-order valence-corrected chi connectivity index (χ2v) is 5.80. The largest absolute Gasteiger partial charge is 0.378 e. The Hall–Kier alpha value is -2.19. The summed E-state index contributed by atoms with van der Waals surface area (Å²) in [5.74, 6) is -0.345. The van der Waals surface area contributed by atoms with E-state index in [0.717, 1.165) is 6.42 Å². The van der Waals surface area contributed by atoms with Gasteiger partial charge in [0.15, 0.2) is 0 Å². The van der Waals surface area contributed by atoms with Gasteiger partial charge in [-0.05, 0) is 12.1 Å². The van der Waals surface area contributed by atoms with E-state index in [9.17, 15) is 14.9 Å². The summed E-state index contributed by atoms with van der Waals surface area (Å²) in [6, 6.07) is 4.56. The molecule has 0 aliphatic carbocycles. The number of nitro benzene ring substituents is 1. The zero-order valence-corrected chi connectivity index (χ0v) is 12.9. The SMILES string of the molecule is CNC(=O)c1ccc(N2CCOC3(CCOC3)C2)c([N+](=O)[O-])c1. The zero-order valence-electron chi connectivity index (χ0n) is 12.9. The Morgan fingerprint density at radius 3 is 2.91 bits per heavy atom. The summed E-state index contributed by atoms with van der Waals surface area (Å²) < 4.78 is 11.3. The van der Waals surface area contributed by atoms with Gasteiger partial charge >= 0.3 is 0 Å². The number of carbonyl (C=O) groups excluding carboxylic acids is 1. The first-order valence-corrected chi connectivity index (χ1v) is 7.52. The smallest absolute Gasteiger partial charge is 0.293 e. The summed E-state index contributed by atoms with van der Waals surface area (Å²) in [4.78, 5) is 24.6. The molecule has 2 aliphatic heterocycles. The summed E-state index contributed by atoms with van der Waals surface area (Å²) >= 11 is 0. The Morgan fingerprint density at radius 2 is 2.26 bits per heavy atom. The number of nitrogens with one attached hydrogen (secondary N) is 1. The first-order valence-electron chi connectivity index (χ1n) is 7.52. The van der Waals surface area contributed by atoms with E-state index in [1.807, 2.05) is 4.90 Å². The second kappa shape index (κ2) is 6.13. The van der Waals surface area contributed by atoms with E-state index in [2.05, 4.69) is 5.32 Å². The molecule has 1 amide bonds. The average molecular weight is 321 g/mol. The van der Waals surface area contributed by atoms with Crippen LogP contribution in [0.1, 0.15) is 16.8 Å². The fourth-order valence-electron chi connectivity index (χ4n) is 3.10. The summed E-state index contributed by atoms with van der Waals surface area (Å²) in [5.41, 5.74) is 0.334. The molecule has 3 rings (SSSR count). The number of ether oxygens (including phenoxy) is 2. The van der Waals surface area contributed by atoms with E-state index < -0.39 is 4.92 Å². The van der Waals surface area contributed by atoms with Crippen LogP contribution < -0.4 is 10.2 Å². The van der Waals surface area contributed by atoms with Crippen molar-refractivity contribution in [1.82, 2.24) is 5.32 Å². The lowest BCUT2D eigenvalue weighted by molar-refractivity contribution is -0.384. The van der Waals surface area contributed by atoms with E-state index in [-0.39, 0.29) is 22.8 Å². The van der Waals surface area contributed by atoms with E-state index in [0.29, 0.717) is 38.6 Å². The number of hydrogen-bond acceptors (Lipinski definition) is 6. The number of nitrogens with zero attached hydrogens (tertiary/aromatic N) is 2. The van der Waals surface area contributed by atoms with Gasteiger partial charge in [-0.25, -0.2) is 0 Å². The lowest BCUT2D eigenvalue weighted by Crippen LogP contribution is -2.52. The number of anilines is 1. The molecule has 2 heterocycles. The van der Waals surface area contributed by atoms with Gasteiger partial charge in [0, 0.05) is 44.8 Å². The van der Waals surface area contributed by atoms with Crippen LogP contribution in [0, 0.1) is 10.1 Å². The molecule has 1 spiro atoms. The molecule has 8 nitrogen and oxygen atoms in total. The molecule has 1 N–H and O–H groups in total. The first kappa shape index (κ1) is 15.7. The van der Waals surface area contributed by atoms with Gasteiger partial charge in [-0.1, -0.05) is 0 Å². The van der Waals surface area contributed by atoms with E-state index in [1.165, 1.54) is 13.1 Å². The third-order valence-electron chi connectivity index (χ3n) is 4.32. The maximum atomic E-state index is 11.7.